The van der Waals surface area contributed by atoms with Gasteiger partial charge in [0.15, 0.2) is 5.43 Å². The van der Waals surface area contributed by atoms with Gasteiger partial charge in [-0.25, -0.2) is 4.79 Å². The van der Waals surface area contributed by atoms with Crippen molar-refractivity contribution in [3.05, 3.63) is 51.9 Å². The molecule has 1 aliphatic carbocycles. The topological polar surface area (TPSA) is 76.7 Å². The molecule has 1 aromatic carbocycles. The molecular formula is C25H28O5. The Kier molecular flexibility index (Phi) is 5.54. The van der Waals surface area contributed by atoms with Gasteiger partial charge in [-0.1, -0.05) is 39.5 Å². The van der Waals surface area contributed by atoms with Gasteiger partial charge in [-0.15, -0.1) is 0 Å². The van der Waals surface area contributed by atoms with Crippen LogP contribution < -0.4 is 10.2 Å². The molecule has 5 heteroatoms. The lowest BCUT2D eigenvalue weighted by Gasteiger charge is -2.38. The Hall–Kier alpha value is -2.82. The Morgan fingerprint density at radius 3 is 2.47 bits per heavy atom. The molecule has 5 nitrogen and oxygen atoms in total. The summed E-state index contributed by atoms with van der Waals surface area (Å²) in [5.74, 6) is -0.284. The molecule has 0 spiro atoms. The molecule has 1 N–H and O–H groups in total. The molecular weight excluding hydrogens is 380 g/mol. The van der Waals surface area contributed by atoms with Gasteiger partial charge >= 0.3 is 5.97 Å². The Morgan fingerprint density at radius 1 is 1.07 bits per heavy atom. The molecule has 1 aromatic rings. The third-order valence-corrected chi connectivity index (χ3v) is 6.37. The van der Waals surface area contributed by atoms with Crippen molar-refractivity contribution in [2.75, 3.05) is 6.61 Å². The molecule has 0 saturated heterocycles. The molecule has 0 atom stereocenters. The van der Waals surface area contributed by atoms with Gasteiger partial charge in [0.2, 0.25) is 0 Å². The average molecular weight is 408 g/mol. The summed E-state index contributed by atoms with van der Waals surface area (Å²) in [6.07, 6.45) is 9.28. The van der Waals surface area contributed by atoms with Gasteiger partial charge in [-0.05, 0) is 37.0 Å². The van der Waals surface area contributed by atoms with E-state index in [4.69, 9.17) is 9.15 Å². The summed E-state index contributed by atoms with van der Waals surface area (Å²) in [5.41, 5.74) is 2.49. The summed E-state index contributed by atoms with van der Waals surface area (Å²) in [7, 11) is 0. The van der Waals surface area contributed by atoms with Crippen molar-refractivity contribution in [1.29, 1.82) is 0 Å². The van der Waals surface area contributed by atoms with Crippen LogP contribution in [0.2, 0.25) is 0 Å². The average Bonchev–Trinajstić information content (AvgIpc) is 2.74. The van der Waals surface area contributed by atoms with Crippen LogP contribution in [0.15, 0.2) is 39.7 Å². The van der Waals surface area contributed by atoms with Crippen molar-refractivity contribution >= 4 is 16.9 Å². The minimum Gasteiger partial charge on any atom is -0.493 e. The second kappa shape index (κ2) is 8.13. The fourth-order valence-electron chi connectivity index (χ4n) is 4.64. The van der Waals surface area contributed by atoms with E-state index in [1.165, 1.54) is 19.1 Å². The van der Waals surface area contributed by atoms with Crippen molar-refractivity contribution in [3.63, 3.8) is 0 Å². The number of carboxylic acid groups (broad SMARTS) is 1. The summed E-state index contributed by atoms with van der Waals surface area (Å²) in [5, 5.41) is 10.1. The van der Waals surface area contributed by atoms with E-state index in [9.17, 15) is 14.7 Å². The Bertz CT molecular complexity index is 1100. The van der Waals surface area contributed by atoms with Crippen molar-refractivity contribution in [1.82, 2.24) is 0 Å². The molecule has 0 amide bonds. The zero-order valence-corrected chi connectivity index (χ0v) is 17.6. The number of carbonyl (C=O) groups is 1. The molecule has 30 heavy (non-hydrogen) atoms. The second-order valence-electron chi connectivity index (χ2n) is 8.61. The second-order valence-corrected chi connectivity index (χ2v) is 8.61. The molecule has 0 aromatic heterocycles. The summed E-state index contributed by atoms with van der Waals surface area (Å²) >= 11 is 0. The maximum atomic E-state index is 12.4. The largest absolute Gasteiger partial charge is 0.493 e. The highest BCUT2D eigenvalue weighted by molar-refractivity contribution is 5.99. The molecule has 0 radical (unpaired) electrons. The number of carboxylic acids is 1. The third kappa shape index (κ3) is 3.69. The van der Waals surface area contributed by atoms with E-state index in [-0.39, 0.29) is 16.4 Å². The zero-order chi connectivity index (χ0) is 21.3. The van der Waals surface area contributed by atoms with Crippen LogP contribution in [0.1, 0.15) is 68.3 Å². The van der Waals surface area contributed by atoms with E-state index in [0.29, 0.717) is 23.3 Å². The number of ether oxygens (including phenoxy) is 1. The van der Waals surface area contributed by atoms with Crippen molar-refractivity contribution in [2.24, 2.45) is 5.41 Å². The number of hydrogen-bond donors (Lipinski definition) is 1. The molecule has 2 heterocycles. The number of aromatic carboxylic acids is 1. The van der Waals surface area contributed by atoms with E-state index in [2.05, 4.69) is 13.8 Å². The van der Waals surface area contributed by atoms with Crippen LogP contribution in [-0.4, -0.2) is 17.7 Å². The number of benzene rings is 2. The van der Waals surface area contributed by atoms with E-state index in [1.807, 2.05) is 12.1 Å². The number of fused-ring (bicyclic) bond motifs is 4. The summed E-state index contributed by atoms with van der Waals surface area (Å²) in [4.78, 5) is 23.9. The molecule has 0 bridgehead atoms. The smallest absolute Gasteiger partial charge is 0.335 e. The highest BCUT2D eigenvalue weighted by Crippen LogP contribution is 2.44. The van der Waals surface area contributed by atoms with Gasteiger partial charge in [0.25, 0.3) is 0 Å². The molecule has 3 aliphatic rings. The Labute approximate surface area is 176 Å². The minimum absolute atomic E-state index is 0.00536. The Balaban J connectivity index is 1.83. The standard InChI is InChI=1S/C25H28O5/c1-3-5-7-25(8-6-4-2)13-17-10-19-18-9-16(24(27)28)11-21(26)20(18)14-29-23(19)12-22(17)30-15-25/h9-12,14H,3-8,13,15H2,1-2H3,(H,27,28). The SMILES string of the molecule is CCCCC1(CCCC)COc2cc3occ4c(=O)cc(C(=O)O)cc-4c3cc2C1. The van der Waals surface area contributed by atoms with Gasteiger partial charge in [0.05, 0.1) is 17.7 Å². The van der Waals surface area contributed by atoms with Crippen LogP contribution in [-0.2, 0) is 6.42 Å². The monoisotopic (exact) mass is 408 g/mol. The first-order chi connectivity index (χ1) is 14.5. The van der Waals surface area contributed by atoms with Crippen LogP contribution in [0.3, 0.4) is 0 Å². The highest BCUT2D eigenvalue weighted by atomic mass is 16.5. The van der Waals surface area contributed by atoms with E-state index < -0.39 is 5.97 Å². The Morgan fingerprint density at radius 2 is 1.80 bits per heavy atom. The first-order valence-electron chi connectivity index (χ1n) is 10.8. The van der Waals surface area contributed by atoms with E-state index in [1.54, 1.807) is 6.07 Å². The number of rotatable bonds is 7. The van der Waals surface area contributed by atoms with Crippen LogP contribution in [0.5, 0.6) is 5.75 Å². The third-order valence-electron chi connectivity index (χ3n) is 6.37. The molecule has 0 saturated carbocycles. The van der Waals surface area contributed by atoms with Gasteiger partial charge < -0.3 is 14.3 Å². The van der Waals surface area contributed by atoms with Gasteiger partial charge in [-0.3, -0.25) is 4.79 Å². The predicted molar refractivity (Wildman–Crippen MR) is 117 cm³/mol. The quantitative estimate of drug-likeness (QED) is 0.493. The van der Waals surface area contributed by atoms with Crippen LogP contribution >= 0.6 is 0 Å². The minimum atomic E-state index is -1.11. The number of hydrogen-bond acceptors (Lipinski definition) is 4. The molecule has 2 aliphatic heterocycles. The summed E-state index contributed by atoms with van der Waals surface area (Å²) in [6.45, 7) is 5.15. The van der Waals surface area contributed by atoms with Crippen molar-refractivity contribution in [2.45, 2.75) is 58.8 Å². The highest BCUT2D eigenvalue weighted by Gasteiger charge is 2.35. The van der Waals surface area contributed by atoms with E-state index in [0.717, 1.165) is 54.9 Å². The maximum Gasteiger partial charge on any atom is 0.335 e. The van der Waals surface area contributed by atoms with Gasteiger partial charge in [-0.2, -0.15) is 0 Å². The van der Waals surface area contributed by atoms with Gasteiger partial charge in [0, 0.05) is 28.5 Å². The lowest BCUT2D eigenvalue weighted by molar-refractivity contribution is 0.0697. The summed E-state index contributed by atoms with van der Waals surface area (Å²) < 4.78 is 12.0. The number of unbranched alkanes of at least 4 members (excludes halogenated alkanes) is 2. The normalized spacial score (nSPS) is 15.1. The predicted octanol–water partition coefficient (Wildman–Crippen LogP) is 5.90. The first-order valence-corrected chi connectivity index (χ1v) is 10.8. The first kappa shape index (κ1) is 20.5. The van der Waals surface area contributed by atoms with Crippen molar-refractivity contribution in [3.8, 4) is 16.9 Å². The fraction of sp³-hybridized carbons (Fsp3) is 0.440. The molecule has 158 valence electrons. The lowest BCUT2D eigenvalue weighted by Crippen LogP contribution is -2.35. The zero-order valence-electron chi connectivity index (χ0n) is 17.6. The van der Waals surface area contributed by atoms with E-state index >= 15 is 0 Å². The van der Waals surface area contributed by atoms with Crippen LogP contribution in [0.4, 0.5) is 0 Å². The van der Waals surface area contributed by atoms with Crippen molar-refractivity contribution < 1.29 is 19.1 Å². The fourth-order valence-corrected chi connectivity index (χ4v) is 4.64. The van der Waals surface area contributed by atoms with Gasteiger partial charge in [0.1, 0.15) is 17.6 Å². The molecule has 0 unspecified atom stereocenters. The lowest BCUT2D eigenvalue weighted by atomic mass is 9.73. The molecule has 4 rings (SSSR count). The summed E-state index contributed by atoms with van der Waals surface area (Å²) in [6, 6.07) is 6.63. The van der Waals surface area contributed by atoms with Crippen LogP contribution in [0.25, 0.3) is 22.1 Å². The maximum absolute atomic E-state index is 12.4. The van der Waals surface area contributed by atoms with Crippen LogP contribution in [0, 0.1) is 5.41 Å². The molecule has 0 fully saturated rings.